The van der Waals surface area contributed by atoms with E-state index in [0.29, 0.717) is 22.5 Å². The maximum absolute atomic E-state index is 14.3. The standard InChI is InChI=1S/C27H29Cl2FN6OS/c1-27(2,18-4-6-20(28)21(29)12-18)24-14-31-26(36(24)19-5-7-22(30)23(13-19)37-3)38-16-17-8-10-35(11-9-17)25-15-32-34-33-25/h4-7,12-14,17H,8-11,15-16H2,1-3H3. The third-order valence-electron chi connectivity index (χ3n) is 7.27. The molecule has 7 nitrogen and oxygen atoms in total. The fourth-order valence-corrected chi connectivity index (χ4v) is 6.35. The number of rotatable bonds is 7. The molecule has 1 aromatic heterocycles. The number of hydrogen-bond donors (Lipinski definition) is 0. The monoisotopic (exact) mass is 574 g/mol. The van der Waals surface area contributed by atoms with Gasteiger partial charge in [0.15, 0.2) is 22.6 Å². The van der Waals surface area contributed by atoms with Crippen molar-refractivity contribution in [2.45, 2.75) is 37.3 Å². The summed E-state index contributed by atoms with van der Waals surface area (Å²) in [4.78, 5) is 7.13. The maximum Gasteiger partial charge on any atom is 0.172 e. The Kier molecular flexibility index (Phi) is 7.98. The second-order valence-electron chi connectivity index (χ2n) is 9.98. The first-order valence-electron chi connectivity index (χ1n) is 12.5. The number of methoxy groups -OCH3 is 1. The molecule has 38 heavy (non-hydrogen) atoms. The minimum Gasteiger partial charge on any atom is -0.494 e. The molecular weight excluding hydrogens is 546 g/mol. The molecule has 0 radical (unpaired) electrons. The number of piperidine rings is 1. The molecule has 11 heteroatoms. The van der Waals surface area contributed by atoms with Crippen LogP contribution >= 0.6 is 35.0 Å². The Bertz CT molecular complexity index is 1380. The van der Waals surface area contributed by atoms with Crippen LogP contribution in [0.15, 0.2) is 63.2 Å². The molecule has 5 rings (SSSR count). The summed E-state index contributed by atoms with van der Waals surface area (Å²) in [6.45, 7) is 6.72. The third-order valence-corrected chi connectivity index (χ3v) is 9.19. The highest BCUT2D eigenvalue weighted by atomic mass is 35.5. The van der Waals surface area contributed by atoms with E-state index >= 15 is 0 Å². The van der Waals surface area contributed by atoms with Crippen LogP contribution in [0, 0.1) is 11.7 Å². The van der Waals surface area contributed by atoms with Crippen molar-refractivity contribution in [3.05, 3.63) is 69.7 Å². The van der Waals surface area contributed by atoms with E-state index in [4.69, 9.17) is 32.9 Å². The lowest BCUT2D eigenvalue weighted by Crippen LogP contribution is -2.39. The molecule has 0 spiro atoms. The summed E-state index contributed by atoms with van der Waals surface area (Å²) in [5.74, 6) is 2.22. The number of likely N-dealkylation sites (tertiary alicyclic amines) is 1. The quantitative estimate of drug-likeness (QED) is 0.279. The largest absolute Gasteiger partial charge is 0.494 e. The Labute approximate surface area is 236 Å². The predicted octanol–water partition coefficient (Wildman–Crippen LogP) is 7.24. The highest BCUT2D eigenvalue weighted by Gasteiger charge is 2.31. The van der Waals surface area contributed by atoms with Crippen LogP contribution in [0.2, 0.25) is 10.0 Å². The average molecular weight is 576 g/mol. The van der Waals surface area contributed by atoms with Crippen molar-refractivity contribution in [3.63, 3.8) is 0 Å². The molecule has 200 valence electrons. The number of halogens is 3. The topological polar surface area (TPSA) is 67.4 Å². The summed E-state index contributed by atoms with van der Waals surface area (Å²) >= 11 is 14.3. The normalized spacial score (nSPS) is 16.3. The summed E-state index contributed by atoms with van der Waals surface area (Å²) in [5.41, 5.74) is 2.27. The van der Waals surface area contributed by atoms with E-state index in [0.717, 1.165) is 59.6 Å². The highest BCUT2D eigenvalue weighted by molar-refractivity contribution is 7.99. The Balaban J connectivity index is 1.43. The molecule has 0 bridgehead atoms. The zero-order valence-electron chi connectivity index (χ0n) is 21.5. The second-order valence-corrected chi connectivity index (χ2v) is 11.8. The lowest BCUT2D eigenvalue weighted by atomic mass is 9.81. The lowest BCUT2D eigenvalue weighted by molar-refractivity contribution is 0.282. The summed E-state index contributed by atoms with van der Waals surface area (Å²) in [5, 5.41) is 13.7. The Morgan fingerprint density at radius 1 is 1.11 bits per heavy atom. The van der Waals surface area contributed by atoms with Gasteiger partial charge in [-0.2, -0.15) is 5.11 Å². The van der Waals surface area contributed by atoms with Gasteiger partial charge in [-0.15, -0.1) is 5.10 Å². The number of nitrogens with zero attached hydrogens (tertiary/aromatic N) is 6. The summed E-state index contributed by atoms with van der Waals surface area (Å²) in [6, 6.07) is 10.6. The Morgan fingerprint density at radius 2 is 1.89 bits per heavy atom. The second kappa shape index (κ2) is 11.2. The van der Waals surface area contributed by atoms with Crippen molar-refractivity contribution in [1.82, 2.24) is 14.5 Å². The zero-order valence-corrected chi connectivity index (χ0v) is 23.8. The van der Waals surface area contributed by atoms with Crippen molar-refractivity contribution in [1.29, 1.82) is 0 Å². The van der Waals surface area contributed by atoms with Crippen LogP contribution in [-0.2, 0) is 5.41 Å². The van der Waals surface area contributed by atoms with E-state index in [1.54, 1.807) is 23.9 Å². The van der Waals surface area contributed by atoms with Gasteiger partial charge in [-0.25, -0.2) is 9.37 Å². The van der Waals surface area contributed by atoms with E-state index in [1.165, 1.54) is 13.2 Å². The van der Waals surface area contributed by atoms with Crippen molar-refractivity contribution >= 4 is 40.8 Å². The van der Waals surface area contributed by atoms with E-state index < -0.39 is 11.2 Å². The lowest BCUT2D eigenvalue weighted by Gasteiger charge is -2.32. The molecule has 0 unspecified atom stereocenters. The Morgan fingerprint density at radius 3 is 2.58 bits per heavy atom. The number of hydrogen-bond acceptors (Lipinski definition) is 7. The first kappa shape index (κ1) is 27.0. The maximum atomic E-state index is 14.3. The number of thioether (sulfide) groups is 1. The minimum absolute atomic E-state index is 0.186. The highest BCUT2D eigenvalue weighted by Crippen LogP contribution is 2.39. The fraction of sp³-hybridized carbons (Fsp3) is 0.407. The van der Waals surface area contributed by atoms with Gasteiger partial charge in [0.05, 0.1) is 34.7 Å². The fourth-order valence-electron chi connectivity index (χ4n) is 4.87. The van der Waals surface area contributed by atoms with Crippen molar-refractivity contribution < 1.29 is 9.13 Å². The SMILES string of the molecule is COc1cc(-n2c(C(C)(C)c3ccc(Cl)c(Cl)c3)cnc2SCC2CCN(C3=NN=NC3)CC2)ccc1F. The van der Waals surface area contributed by atoms with Crippen LogP contribution < -0.4 is 4.74 Å². The third kappa shape index (κ3) is 5.42. The summed E-state index contributed by atoms with van der Waals surface area (Å²) in [6.07, 6.45) is 4.03. The molecule has 0 aliphatic carbocycles. The van der Waals surface area contributed by atoms with E-state index in [-0.39, 0.29) is 5.75 Å². The van der Waals surface area contributed by atoms with Crippen LogP contribution in [0.25, 0.3) is 5.69 Å². The molecule has 1 saturated heterocycles. The molecule has 1 fully saturated rings. The molecule has 3 aromatic rings. The molecule has 2 aromatic carbocycles. The molecule has 0 amide bonds. The summed E-state index contributed by atoms with van der Waals surface area (Å²) in [7, 11) is 1.47. The minimum atomic E-state index is -0.467. The number of ether oxygens (including phenoxy) is 1. The van der Waals surface area contributed by atoms with Gasteiger partial charge in [0.25, 0.3) is 0 Å². The van der Waals surface area contributed by atoms with E-state index in [1.807, 2.05) is 24.4 Å². The molecule has 2 aliphatic rings. The number of imidazole rings is 1. The van der Waals surface area contributed by atoms with Gasteiger partial charge < -0.3 is 9.64 Å². The van der Waals surface area contributed by atoms with Crippen molar-refractivity contribution in [2.75, 3.05) is 32.5 Å². The zero-order chi connectivity index (χ0) is 26.9. The Hall–Kier alpha value is -2.62. The van der Waals surface area contributed by atoms with Crippen molar-refractivity contribution in [3.8, 4) is 11.4 Å². The molecule has 3 heterocycles. The number of amidine groups is 1. The average Bonchev–Trinajstić information content (AvgIpc) is 3.61. The molecule has 0 N–H and O–H groups in total. The van der Waals surface area contributed by atoms with Gasteiger partial charge in [-0.05, 0) is 53.8 Å². The number of aromatic nitrogens is 2. The van der Waals surface area contributed by atoms with Gasteiger partial charge in [-0.3, -0.25) is 4.57 Å². The van der Waals surface area contributed by atoms with Crippen LogP contribution in [0.3, 0.4) is 0 Å². The van der Waals surface area contributed by atoms with Crippen molar-refractivity contribution in [2.24, 2.45) is 21.4 Å². The summed E-state index contributed by atoms with van der Waals surface area (Å²) < 4.78 is 21.7. The number of benzene rings is 2. The van der Waals surface area contributed by atoms with Gasteiger partial charge in [0.1, 0.15) is 6.54 Å². The van der Waals surface area contributed by atoms with Gasteiger partial charge in [-0.1, -0.05) is 54.9 Å². The van der Waals surface area contributed by atoms with Gasteiger partial charge >= 0.3 is 0 Å². The van der Waals surface area contributed by atoms with Gasteiger partial charge in [0, 0.05) is 30.3 Å². The molecular formula is C27H29Cl2FN6OS. The van der Waals surface area contributed by atoms with Crippen LogP contribution in [0.1, 0.15) is 37.9 Å². The molecule has 0 saturated carbocycles. The van der Waals surface area contributed by atoms with Crippen LogP contribution in [0.5, 0.6) is 5.75 Å². The first-order valence-corrected chi connectivity index (χ1v) is 14.2. The first-order chi connectivity index (χ1) is 18.3. The van der Waals surface area contributed by atoms with Crippen LogP contribution in [-0.4, -0.2) is 52.8 Å². The van der Waals surface area contributed by atoms with E-state index in [9.17, 15) is 4.39 Å². The molecule has 2 aliphatic heterocycles. The molecule has 0 atom stereocenters. The van der Waals surface area contributed by atoms with Gasteiger partial charge in [0.2, 0.25) is 0 Å². The van der Waals surface area contributed by atoms with E-state index in [2.05, 4.69) is 38.8 Å². The predicted molar refractivity (Wildman–Crippen MR) is 151 cm³/mol. The van der Waals surface area contributed by atoms with Crippen LogP contribution in [0.4, 0.5) is 4.39 Å². The smallest absolute Gasteiger partial charge is 0.172 e.